The zero-order valence-electron chi connectivity index (χ0n) is 19.9. The number of nitrogens with zero attached hydrogens (tertiary/aromatic N) is 6. The minimum Gasteiger partial charge on any atom is -0.368 e. The van der Waals surface area contributed by atoms with Crippen LogP contribution in [-0.4, -0.2) is 44.4 Å². The number of nitriles is 1. The van der Waals surface area contributed by atoms with Crippen LogP contribution in [0.4, 0.5) is 13.2 Å². The number of piperidine rings is 1. The van der Waals surface area contributed by atoms with E-state index in [1.54, 1.807) is 4.90 Å². The summed E-state index contributed by atoms with van der Waals surface area (Å²) in [5.41, 5.74) is 0.166. The Labute approximate surface area is 215 Å². The number of aryl methyl sites for hydroxylation is 1. The zero-order valence-corrected chi connectivity index (χ0v) is 20.7. The topological polar surface area (TPSA) is 96.4 Å². The molecule has 12 heteroatoms. The molecule has 0 radical (unpaired) electrons. The molecule has 1 atom stereocenters. The molecule has 0 N–H and O–H groups in total. The zero-order chi connectivity index (χ0) is 26.2. The number of hydrogen-bond donors (Lipinski definition) is 0. The number of thiazole rings is 1. The highest BCUT2D eigenvalue weighted by atomic mass is 32.1. The Morgan fingerprint density at radius 2 is 2.00 bits per heavy atom. The van der Waals surface area contributed by atoms with Crippen molar-refractivity contribution in [1.29, 1.82) is 5.26 Å². The lowest BCUT2D eigenvalue weighted by Crippen LogP contribution is -2.40. The van der Waals surface area contributed by atoms with Crippen molar-refractivity contribution in [3.8, 4) is 6.07 Å². The first kappa shape index (κ1) is 25.0. The molecular formula is C25H23F3N6O2S. The number of benzene rings is 1. The van der Waals surface area contributed by atoms with E-state index in [0.29, 0.717) is 43.8 Å². The summed E-state index contributed by atoms with van der Waals surface area (Å²) >= 11 is 1.51. The minimum atomic E-state index is -4.54. The van der Waals surface area contributed by atoms with E-state index >= 15 is 0 Å². The van der Waals surface area contributed by atoms with Crippen LogP contribution in [0.3, 0.4) is 0 Å². The highest BCUT2D eigenvalue weighted by Gasteiger charge is 2.42. The monoisotopic (exact) mass is 528 g/mol. The largest absolute Gasteiger partial charge is 0.435 e. The van der Waals surface area contributed by atoms with Crippen LogP contribution < -0.4 is 0 Å². The lowest BCUT2D eigenvalue weighted by atomic mass is 9.90. The number of aromatic nitrogens is 3. The average Bonchev–Trinajstić information content (AvgIpc) is 3.64. The van der Waals surface area contributed by atoms with E-state index < -0.39 is 17.5 Å². The third-order valence-corrected chi connectivity index (χ3v) is 7.73. The van der Waals surface area contributed by atoms with Crippen LogP contribution >= 0.6 is 11.3 Å². The van der Waals surface area contributed by atoms with Crippen LogP contribution in [0.2, 0.25) is 0 Å². The van der Waals surface area contributed by atoms with E-state index in [-0.39, 0.29) is 24.1 Å². The molecule has 1 fully saturated rings. The number of rotatable bonds is 5. The maximum absolute atomic E-state index is 12.9. The van der Waals surface area contributed by atoms with Crippen LogP contribution in [-0.2, 0) is 28.0 Å². The van der Waals surface area contributed by atoms with Crippen molar-refractivity contribution in [1.82, 2.24) is 19.7 Å². The van der Waals surface area contributed by atoms with Gasteiger partial charge >= 0.3 is 6.18 Å². The van der Waals surface area contributed by atoms with Crippen molar-refractivity contribution in [3.05, 3.63) is 69.4 Å². The van der Waals surface area contributed by atoms with Crippen molar-refractivity contribution in [2.45, 2.75) is 50.4 Å². The second-order valence-corrected chi connectivity index (χ2v) is 10.1. The van der Waals surface area contributed by atoms with Gasteiger partial charge in [-0.05, 0) is 25.8 Å². The number of carbonyl (C=O) groups is 1. The van der Waals surface area contributed by atoms with Gasteiger partial charge < -0.3 is 9.74 Å². The molecule has 0 aliphatic carbocycles. The molecule has 1 saturated heterocycles. The Balaban J connectivity index is 1.18. The molecule has 5 rings (SSSR count). The van der Waals surface area contributed by atoms with E-state index in [1.807, 2.05) is 35.7 Å². The van der Waals surface area contributed by atoms with E-state index in [9.17, 15) is 23.2 Å². The molecule has 0 saturated carbocycles. The summed E-state index contributed by atoms with van der Waals surface area (Å²) in [6, 6.07) is 12.4. The first-order valence-electron chi connectivity index (χ1n) is 11.8. The fraction of sp³-hybridized carbons (Fsp3) is 0.400. The molecule has 1 amide bonds. The third-order valence-electron chi connectivity index (χ3n) is 6.72. The Morgan fingerprint density at radius 3 is 2.65 bits per heavy atom. The van der Waals surface area contributed by atoms with E-state index in [2.05, 4.69) is 16.3 Å². The third kappa shape index (κ3) is 4.96. The summed E-state index contributed by atoms with van der Waals surface area (Å²) in [6.45, 7) is 2.25. The molecule has 1 aromatic carbocycles. The molecule has 2 aliphatic rings. The molecular weight excluding hydrogens is 505 g/mol. The Bertz CT molecular complexity index is 1370. The first-order chi connectivity index (χ1) is 17.7. The Kier molecular flexibility index (Phi) is 6.49. The van der Waals surface area contributed by atoms with Crippen LogP contribution in [0.5, 0.6) is 0 Å². The Hall–Kier alpha value is -3.72. The van der Waals surface area contributed by atoms with Gasteiger partial charge in [-0.25, -0.2) is 4.98 Å². The summed E-state index contributed by atoms with van der Waals surface area (Å²) in [5.74, 6) is -0.103. The van der Waals surface area contributed by atoms with Crippen LogP contribution in [0.1, 0.15) is 52.8 Å². The number of amides is 1. The predicted molar refractivity (Wildman–Crippen MR) is 129 cm³/mol. The maximum Gasteiger partial charge on any atom is 0.435 e. The number of halogens is 3. The fourth-order valence-corrected chi connectivity index (χ4v) is 5.58. The molecule has 37 heavy (non-hydrogen) atoms. The van der Waals surface area contributed by atoms with Crippen molar-refractivity contribution in [2.24, 2.45) is 5.16 Å². The van der Waals surface area contributed by atoms with Gasteiger partial charge in [-0.3, -0.25) is 9.48 Å². The number of oxime groups is 1. The molecule has 4 heterocycles. The van der Waals surface area contributed by atoms with Gasteiger partial charge in [0.25, 0.3) is 5.60 Å². The molecule has 2 aliphatic heterocycles. The number of carbonyl (C=O) groups excluding carboxylic acids is 1. The van der Waals surface area contributed by atoms with Gasteiger partial charge in [-0.2, -0.15) is 23.5 Å². The smallest absolute Gasteiger partial charge is 0.368 e. The fourth-order valence-electron chi connectivity index (χ4n) is 4.58. The lowest BCUT2D eigenvalue weighted by molar-refractivity contribution is -0.142. The number of hydrogen-bond acceptors (Lipinski definition) is 7. The molecule has 2 aromatic heterocycles. The van der Waals surface area contributed by atoms with Crippen LogP contribution in [0.25, 0.3) is 0 Å². The standard InChI is InChI=1S/C25H23F3N6O2S/c1-16-11-21(25(26,27)28)31-34(16)13-22(35)33-9-7-17(8-10-33)23-30-20(14-37-23)19-12-24(15-29,36-32-19)18-5-3-2-4-6-18/h2-6,11,14,17H,7-10,12-13H2,1H3. The summed E-state index contributed by atoms with van der Waals surface area (Å²) in [5, 5.41) is 20.4. The maximum atomic E-state index is 12.9. The lowest BCUT2D eigenvalue weighted by Gasteiger charge is -2.31. The van der Waals surface area contributed by atoms with Crippen molar-refractivity contribution in [3.63, 3.8) is 0 Å². The van der Waals surface area contributed by atoms with E-state index in [0.717, 1.165) is 21.3 Å². The van der Waals surface area contributed by atoms with Crippen molar-refractivity contribution >= 4 is 23.0 Å². The number of likely N-dealkylation sites (tertiary alicyclic amines) is 1. The van der Waals surface area contributed by atoms with Crippen LogP contribution in [0.15, 0.2) is 46.9 Å². The normalized spacial score (nSPS) is 20.4. The summed E-state index contributed by atoms with van der Waals surface area (Å²) in [4.78, 5) is 24.7. The van der Waals surface area contributed by atoms with Crippen molar-refractivity contribution in [2.75, 3.05) is 13.1 Å². The summed E-state index contributed by atoms with van der Waals surface area (Å²) < 4.78 is 39.8. The second kappa shape index (κ2) is 9.63. The van der Waals surface area contributed by atoms with Gasteiger partial charge in [-0.15, -0.1) is 11.3 Å². The summed E-state index contributed by atoms with van der Waals surface area (Å²) in [6.07, 6.45) is -2.86. The first-order valence-corrected chi connectivity index (χ1v) is 12.6. The average molecular weight is 529 g/mol. The number of alkyl halides is 3. The van der Waals surface area contributed by atoms with Gasteiger partial charge in [0, 0.05) is 35.6 Å². The molecule has 3 aromatic rings. The van der Waals surface area contributed by atoms with Crippen LogP contribution in [0, 0.1) is 18.3 Å². The highest BCUT2D eigenvalue weighted by molar-refractivity contribution is 7.10. The second-order valence-electron chi connectivity index (χ2n) is 9.16. The molecule has 192 valence electrons. The minimum absolute atomic E-state index is 0.156. The van der Waals surface area contributed by atoms with Gasteiger partial charge in [0.05, 0.1) is 17.1 Å². The molecule has 8 nitrogen and oxygen atoms in total. The van der Waals surface area contributed by atoms with Gasteiger partial charge in [0.1, 0.15) is 18.3 Å². The van der Waals surface area contributed by atoms with Gasteiger partial charge in [-0.1, -0.05) is 35.5 Å². The van der Waals surface area contributed by atoms with Gasteiger partial charge in [0.15, 0.2) is 5.69 Å². The van der Waals surface area contributed by atoms with Gasteiger partial charge in [0.2, 0.25) is 5.91 Å². The predicted octanol–water partition coefficient (Wildman–Crippen LogP) is 4.62. The Morgan fingerprint density at radius 1 is 1.27 bits per heavy atom. The molecule has 0 bridgehead atoms. The van der Waals surface area contributed by atoms with Crippen molar-refractivity contribution < 1.29 is 22.8 Å². The molecule has 0 spiro atoms. The highest BCUT2D eigenvalue weighted by Crippen LogP contribution is 2.37. The quantitative estimate of drug-likeness (QED) is 0.482. The summed E-state index contributed by atoms with van der Waals surface area (Å²) in [7, 11) is 0. The van der Waals surface area contributed by atoms with E-state index in [1.165, 1.54) is 18.3 Å². The van der Waals surface area contributed by atoms with E-state index in [4.69, 9.17) is 9.82 Å². The molecule has 1 unspecified atom stereocenters. The SMILES string of the molecule is Cc1cc(C(F)(F)F)nn1CC(=O)N1CCC(c2nc(C3=NOC(C#N)(c4ccccc4)C3)cs2)CC1.